The van der Waals surface area contributed by atoms with Crippen molar-refractivity contribution in [1.29, 1.82) is 5.26 Å². The molecule has 0 spiro atoms. The summed E-state index contributed by atoms with van der Waals surface area (Å²) >= 11 is 1.28. The highest BCUT2D eigenvalue weighted by Gasteiger charge is 2.47. The number of nitrogens with zero attached hydrogens (tertiary/aromatic N) is 7. The quantitative estimate of drug-likeness (QED) is 0.343. The molecule has 0 saturated carbocycles. The number of pyridine rings is 1. The third-order valence-corrected chi connectivity index (χ3v) is 9.99. The van der Waals surface area contributed by atoms with Crippen molar-refractivity contribution in [1.82, 2.24) is 18.7 Å². The van der Waals surface area contributed by atoms with Crippen molar-refractivity contribution in [3.05, 3.63) is 58.5 Å². The molecule has 4 aromatic rings. The highest BCUT2D eigenvalue weighted by molar-refractivity contribution is 7.88. The van der Waals surface area contributed by atoms with Crippen LogP contribution in [0.25, 0.3) is 16.9 Å². The second-order valence-corrected chi connectivity index (χ2v) is 13.1. The maximum absolute atomic E-state index is 13.5. The molecule has 0 aliphatic carbocycles. The molecule has 5 heterocycles. The van der Waals surface area contributed by atoms with E-state index in [1.807, 2.05) is 18.9 Å². The monoisotopic (exact) mass is 565 g/mol. The first-order valence-corrected chi connectivity index (χ1v) is 15.4. The van der Waals surface area contributed by atoms with Gasteiger partial charge >= 0.3 is 0 Å². The fourth-order valence-corrected chi connectivity index (χ4v) is 7.84. The molecule has 0 unspecified atom stereocenters. The Labute approximate surface area is 230 Å². The number of piperazine rings is 1. The molecule has 1 aromatic carbocycles. The second kappa shape index (κ2) is 9.29. The van der Waals surface area contributed by atoms with E-state index in [-0.39, 0.29) is 17.9 Å². The maximum atomic E-state index is 13.5. The predicted octanol–water partition coefficient (Wildman–Crippen LogP) is 4.33. The topological polar surface area (TPSA) is 97.8 Å². The van der Waals surface area contributed by atoms with Crippen LogP contribution in [0.1, 0.15) is 29.5 Å². The van der Waals surface area contributed by atoms with Gasteiger partial charge in [0.15, 0.2) is 5.13 Å². The third kappa shape index (κ3) is 4.25. The first-order valence-electron chi connectivity index (χ1n) is 12.7. The van der Waals surface area contributed by atoms with Gasteiger partial charge < -0.3 is 9.80 Å². The van der Waals surface area contributed by atoms with Gasteiger partial charge in [-0.2, -0.15) is 9.57 Å². The summed E-state index contributed by atoms with van der Waals surface area (Å²) in [5.41, 5.74) is 5.00. The number of hydrogen-bond acceptors (Lipinski definition) is 8. The molecule has 202 valence electrons. The summed E-state index contributed by atoms with van der Waals surface area (Å²) in [4.78, 5) is 14.4. The number of anilines is 3. The van der Waals surface area contributed by atoms with E-state index in [1.165, 1.54) is 29.7 Å². The van der Waals surface area contributed by atoms with Gasteiger partial charge in [-0.1, -0.05) is 18.3 Å². The van der Waals surface area contributed by atoms with Crippen LogP contribution in [-0.2, 0) is 16.4 Å². The summed E-state index contributed by atoms with van der Waals surface area (Å²) in [6.07, 6.45) is 4.88. The smallest absolute Gasteiger partial charge is 0.211 e. The molecule has 2 bridgehead atoms. The number of fused-ring (bicyclic) bond motifs is 3. The number of nitriles is 1. The van der Waals surface area contributed by atoms with Crippen LogP contribution in [-0.4, -0.2) is 65.6 Å². The molecule has 0 radical (unpaired) electrons. The lowest BCUT2D eigenvalue weighted by molar-refractivity contribution is 0.371. The van der Waals surface area contributed by atoms with E-state index in [0.29, 0.717) is 40.8 Å². The van der Waals surface area contributed by atoms with Gasteiger partial charge in [0, 0.05) is 44.0 Å². The lowest BCUT2D eigenvalue weighted by atomic mass is 10.1. The zero-order valence-electron chi connectivity index (χ0n) is 22.1. The van der Waals surface area contributed by atoms with E-state index in [1.54, 1.807) is 16.4 Å². The van der Waals surface area contributed by atoms with E-state index in [0.717, 1.165) is 34.8 Å². The van der Waals surface area contributed by atoms with Gasteiger partial charge in [-0.15, -0.1) is 0 Å². The summed E-state index contributed by atoms with van der Waals surface area (Å²) in [5, 5.41) is 10.4. The minimum atomic E-state index is -3.22. The zero-order valence-corrected chi connectivity index (χ0v) is 23.7. The first-order chi connectivity index (χ1) is 18.6. The Balaban J connectivity index is 1.41. The Bertz CT molecular complexity index is 1740. The molecule has 0 amide bonds. The van der Waals surface area contributed by atoms with Gasteiger partial charge in [-0.3, -0.25) is 4.40 Å². The molecular weight excluding hydrogens is 537 g/mol. The normalized spacial score (nSPS) is 19.2. The SMILES string of the molecule is CCc1nc2c(C)cc(N3C[C@@H]4C[C@H]3CN4S(C)(=O)=O)cn2c1N(C)c1nc(-c2ccc(F)cc2)c(C#N)s1. The van der Waals surface area contributed by atoms with Crippen LogP contribution in [0.4, 0.5) is 21.0 Å². The van der Waals surface area contributed by atoms with Crippen LogP contribution in [0.2, 0.25) is 0 Å². The molecule has 9 nitrogen and oxygen atoms in total. The summed E-state index contributed by atoms with van der Waals surface area (Å²) in [7, 11) is -1.30. The van der Waals surface area contributed by atoms with E-state index in [2.05, 4.69) is 34.6 Å². The molecular formula is C27H28FN7O2S2. The Hall–Kier alpha value is -3.53. The van der Waals surface area contributed by atoms with Crippen LogP contribution in [0.15, 0.2) is 36.5 Å². The number of rotatable bonds is 6. The molecule has 2 fully saturated rings. The summed E-state index contributed by atoms with van der Waals surface area (Å²) in [6, 6.07) is 10.5. The van der Waals surface area contributed by atoms with Crippen LogP contribution in [0, 0.1) is 24.1 Å². The molecule has 12 heteroatoms. The number of thiazole rings is 1. The van der Waals surface area contributed by atoms with Crippen molar-refractivity contribution in [2.75, 3.05) is 36.2 Å². The van der Waals surface area contributed by atoms with Crippen molar-refractivity contribution in [3.63, 3.8) is 0 Å². The van der Waals surface area contributed by atoms with Crippen molar-refractivity contribution in [2.24, 2.45) is 0 Å². The summed E-state index contributed by atoms with van der Waals surface area (Å²) in [6.45, 7) is 5.25. The average molecular weight is 566 g/mol. The number of aryl methyl sites for hydroxylation is 2. The van der Waals surface area contributed by atoms with Gasteiger partial charge in [-0.25, -0.2) is 22.8 Å². The Morgan fingerprint density at radius 2 is 1.95 bits per heavy atom. The Morgan fingerprint density at radius 3 is 2.56 bits per heavy atom. The number of halogens is 1. The van der Waals surface area contributed by atoms with Crippen molar-refractivity contribution in [2.45, 2.75) is 38.8 Å². The lowest BCUT2D eigenvalue weighted by Crippen LogP contribution is -2.48. The van der Waals surface area contributed by atoms with E-state index in [9.17, 15) is 18.1 Å². The molecule has 0 N–H and O–H groups in total. The maximum Gasteiger partial charge on any atom is 0.211 e. The number of sulfonamides is 1. The first kappa shape index (κ1) is 25.7. The van der Waals surface area contributed by atoms with E-state index in [4.69, 9.17) is 9.97 Å². The van der Waals surface area contributed by atoms with Crippen molar-refractivity contribution in [3.8, 4) is 17.3 Å². The number of benzene rings is 1. The standard InChI is InChI=1S/C27H28FN7O2S2/c1-5-22-26(32(3)27-31-24(23(12-29)38-27)17-6-8-18(28)9-7-17)34-13-19(10-16(2)25(34)30-22)33-14-21-11-20(33)15-35(21)39(4,36)37/h6-10,13,20-21H,5,11,14-15H2,1-4H3/t20-,21-/m0/s1. The van der Waals surface area contributed by atoms with E-state index >= 15 is 0 Å². The lowest BCUT2D eigenvalue weighted by Gasteiger charge is -2.34. The Kier molecular flexibility index (Phi) is 6.13. The highest BCUT2D eigenvalue weighted by atomic mass is 32.2. The zero-order chi connectivity index (χ0) is 27.6. The molecule has 2 saturated heterocycles. The number of hydrogen-bond donors (Lipinski definition) is 0. The van der Waals surface area contributed by atoms with Gasteiger partial charge in [0.1, 0.15) is 33.9 Å². The highest BCUT2D eigenvalue weighted by Crippen LogP contribution is 2.40. The molecule has 39 heavy (non-hydrogen) atoms. The molecule has 6 rings (SSSR count). The van der Waals surface area contributed by atoms with Crippen LogP contribution < -0.4 is 9.80 Å². The molecule has 2 atom stereocenters. The van der Waals surface area contributed by atoms with Gasteiger partial charge in [0.25, 0.3) is 0 Å². The molecule has 2 aliphatic rings. The minimum absolute atomic E-state index is 0.0123. The fraction of sp³-hybridized carbons (Fsp3) is 0.370. The minimum Gasteiger partial charge on any atom is -0.364 e. The van der Waals surface area contributed by atoms with E-state index < -0.39 is 10.0 Å². The van der Waals surface area contributed by atoms with Crippen molar-refractivity contribution < 1.29 is 12.8 Å². The van der Waals surface area contributed by atoms with Gasteiger partial charge in [0.2, 0.25) is 10.0 Å². The fourth-order valence-electron chi connectivity index (χ4n) is 5.85. The second-order valence-electron chi connectivity index (χ2n) is 10.2. The Morgan fingerprint density at radius 1 is 1.21 bits per heavy atom. The summed E-state index contributed by atoms with van der Waals surface area (Å²) < 4.78 is 41.6. The molecule has 3 aromatic heterocycles. The van der Waals surface area contributed by atoms with Crippen LogP contribution >= 0.6 is 11.3 Å². The third-order valence-electron chi connectivity index (χ3n) is 7.66. The summed E-state index contributed by atoms with van der Waals surface area (Å²) in [5.74, 6) is 0.521. The number of imidazole rings is 1. The average Bonchev–Trinajstić information content (AvgIpc) is 3.69. The van der Waals surface area contributed by atoms with Gasteiger partial charge in [-0.05, 0) is 55.7 Å². The molecule has 2 aliphatic heterocycles. The van der Waals surface area contributed by atoms with Crippen molar-refractivity contribution >= 4 is 43.6 Å². The van der Waals surface area contributed by atoms with Gasteiger partial charge in [0.05, 0.1) is 17.6 Å². The number of aromatic nitrogens is 3. The predicted molar refractivity (Wildman–Crippen MR) is 151 cm³/mol. The largest absolute Gasteiger partial charge is 0.364 e. The van der Waals surface area contributed by atoms with Crippen LogP contribution in [0.3, 0.4) is 0 Å². The van der Waals surface area contributed by atoms with Crippen LogP contribution in [0.5, 0.6) is 0 Å².